The minimum absolute atomic E-state index is 0.00980. The molecule has 0 saturated heterocycles. The molecule has 2 aromatic carbocycles. The van der Waals surface area contributed by atoms with Gasteiger partial charge in [-0.1, -0.05) is 45.0 Å². The lowest BCUT2D eigenvalue weighted by molar-refractivity contribution is -0.385. The average molecular weight is 313 g/mol. The molecular weight excluding hydrogens is 294 g/mol. The van der Waals surface area contributed by atoms with Gasteiger partial charge in [-0.15, -0.1) is 0 Å². The van der Waals surface area contributed by atoms with Gasteiger partial charge in [0.05, 0.1) is 10.5 Å². The van der Waals surface area contributed by atoms with E-state index in [1.54, 1.807) is 0 Å². The van der Waals surface area contributed by atoms with E-state index < -0.39 is 4.92 Å². The van der Waals surface area contributed by atoms with Crippen LogP contribution in [0.25, 0.3) is 0 Å². The number of nitro benzene ring substituents is 1. The topological polar surface area (TPSA) is 69.4 Å². The molecule has 0 aromatic heterocycles. The zero-order valence-corrected chi connectivity index (χ0v) is 13.4. The molecule has 5 heteroatoms. The Hall–Kier alpha value is -2.69. The molecule has 23 heavy (non-hydrogen) atoms. The standard InChI is InChI=1S/C18H19NO4/c1-18(2,3)15-6-4-13(5-7-15)12-23-16-8-9-17(19(21)22)14(10-16)11-20/h4-11H,12H2,1-3H3. The lowest BCUT2D eigenvalue weighted by atomic mass is 9.87. The van der Waals surface area contributed by atoms with Crippen molar-refractivity contribution >= 4 is 12.0 Å². The Morgan fingerprint density at radius 3 is 2.30 bits per heavy atom. The van der Waals surface area contributed by atoms with Crippen molar-refractivity contribution < 1.29 is 14.5 Å². The molecule has 0 aliphatic rings. The van der Waals surface area contributed by atoms with Crippen LogP contribution in [0.3, 0.4) is 0 Å². The molecule has 5 nitrogen and oxygen atoms in total. The number of rotatable bonds is 5. The van der Waals surface area contributed by atoms with Crippen LogP contribution in [-0.4, -0.2) is 11.2 Å². The van der Waals surface area contributed by atoms with Crippen molar-refractivity contribution in [3.05, 3.63) is 69.3 Å². The van der Waals surface area contributed by atoms with Crippen LogP contribution in [0.15, 0.2) is 42.5 Å². The number of ether oxygens (including phenoxy) is 1. The van der Waals surface area contributed by atoms with Crippen LogP contribution in [0.4, 0.5) is 5.69 Å². The predicted octanol–water partition coefficient (Wildman–Crippen LogP) is 4.28. The molecule has 0 unspecified atom stereocenters. The third-order valence-corrected chi connectivity index (χ3v) is 3.55. The quantitative estimate of drug-likeness (QED) is 0.469. The van der Waals surface area contributed by atoms with Crippen molar-refractivity contribution in [2.24, 2.45) is 0 Å². The molecule has 0 aliphatic carbocycles. The monoisotopic (exact) mass is 313 g/mol. The summed E-state index contributed by atoms with van der Waals surface area (Å²) in [4.78, 5) is 21.1. The minimum Gasteiger partial charge on any atom is -0.489 e. The second-order valence-corrected chi connectivity index (χ2v) is 6.33. The highest BCUT2D eigenvalue weighted by molar-refractivity contribution is 5.82. The Morgan fingerprint density at radius 1 is 1.13 bits per heavy atom. The van der Waals surface area contributed by atoms with E-state index in [1.165, 1.54) is 23.8 Å². The number of hydrogen-bond donors (Lipinski definition) is 0. The first kappa shape index (κ1) is 16.7. The van der Waals surface area contributed by atoms with Gasteiger partial charge in [-0.25, -0.2) is 0 Å². The number of hydrogen-bond acceptors (Lipinski definition) is 4. The van der Waals surface area contributed by atoms with Crippen LogP contribution in [0.2, 0.25) is 0 Å². The molecule has 0 spiro atoms. The second kappa shape index (κ2) is 6.60. The van der Waals surface area contributed by atoms with Gasteiger partial charge in [0.2, 0.25) is 0 Å². The summed E-state index contributed by atoms with van der Waals surface area (Å²) >= 11 is 0. The molecular formula is C18H19NO4. The fraction of sp³-hybridized carbons (Fsp3) is 0.278. The van der Waals surface area contributed by atoms with Gasteiger partial charge in [0.1, 0.15) is 12.4 Å². The normalized spacial score (nSPS) is 11.1. The van der Waals surface area contributed by atoms with E-state index >= 15 is 0 Å². The fourth-order valence-electron chi connectivity index (χ4n) is 2.15. The van der Waals surface area contributed by atoms with Crippen molar-refractivity contribution in [3.8, 4) is 5.75 Å². The highest BCUT2D eigenvalue weighted by Crippen LogP contribution is 2.25. The molecule has 2 rings (SSSR count). The number of carbonyl (C=O) groups excluding carboxylic acids is 1. The Kier molecular flexibility index (Phi) is 4.79. The maximum Gasteiger partial charge on any atom is 0.280 e. The van der Waals surface area contributed by atoms with E-state index in [-0.39, 0.29) is 16.7 Å². The summed E-state index contributed by atoms with van der Waals surface area (Å²) in [5, 5.41) is 10.8. The van der Waals surface area contributed by atoms with Gasteiger partial charge in [0.15, 0.2) is 6.29 Å². The Morgan fingerprint density at radius 2 is 1.78 bits per heavy atom. The number of nitrogens with zero attached hydrogens (tertiary/aromatic N) is 1. The molecule has 0 fully saturated rings. The molecule has 0 saturated carbocycles. The van der Waals surface area contributed by atoms with Gasteiger partial charge in [-0.05, 0) is 28.7 Å². The number of benzene rings is 2. The van der Waals surface area contributed by atoms with Crippen molar-refractivity contribution in [3.63, 3.8) is 0 Å². The molecule has 2 aromatic rings. The van der Waals surface area contributed by atoms with Crippen molar-refractivity contribution in [1.82, 2.24) is 0 Å². The Balaban J connectivity index is 2.09. The van der Waals surface area contributed by atoms with Gasteiger partial charge in [-0.2, -0.15) is 0 Å². The van der Waals surface area contributed by atoms with Gasteiger partial charge >= 0.3 is 0 Å². The SMILES string of the molecule is CC(C)(C)c1ccc(COc2ccc([N+](=O)[O-])c(C=O)c2)cc1. The minimum atomic E-state index is -0.585. The van der Waals surface area contributed by atoms with Crippen LogP contribution < -0.4 is 4.74 Å². The number of carbonyl (C=O) groups is 1. The highest BCUT2D eigenvalue weighted by Gasteiger charge is 2.15. The van der Waals surface area contributed by atoms with Gasteiger partial charge in [0.25, 0.3) is 5.69 Å². The lowest BCUT2D eigenvalue weighted by Crippen LogP contribution is -2.10. The van der Waals surface area contributed by atoms with E-state index in [2.05, 4.69) is 32.9 Å². The largest absolute Gasteiger partial charge is 0.489 e. The summed E-state index contributed by atoms with van der Waals surface area (Å²) < 4.78 is 5.61. The molecule has 0 heterocycles. The van der Waals surface area contributed by atoms with E-state index in [1.807, 2.05) is 12.1 Å². The van der Waals surface area contributed by atoms with Crippen molar-refractivity contribution in [2.75, 3.05) is 0 Å². The molecule has 0 aliphatic heterocycles. The zero-order valence-electron chi connectivity index (χ0n) is 13.4. The number of nitro groups is 1. The first-order valence-electron chi connectivity index (χ1n) is 7.27. The van der Waals surface area contributed by atoms with Gasteiger partial charge in [-0.3, -0.25) is 14.9 Å². The molecule has 0 amide bonds. The molecule has 0 bridgehead atoms. The van der Waals surface area contributed by atoms with Crippen LogP contribution in [0.5, 0.6) is 5.75 Å². The van der Waals surface area contributed by atoms with Crippen LogP contribution in [0.1, 0.15) is 42.3 Å². The van der Waals surface area contributed by atoms with E-state index in [9.17, 15) is 14.9 Å². The summed E-state index contributed by atoms with van der Waals surface area (Å²) in [6, 6.07) is 12.3. The third-order valence-electron chi connectivity index (χ3n) is 3.55. The summed E-state index contributed by atoms with van der Waals surface area (Å²) in [5.74, 6) is 0.428. The van der Waals surface area contributed by atoms with Gasteiger partial charge < -0.3 is 4.74 Å². The summed E-state index contributed by atoms with van der Waals surface area (Å²) in [5.41, 5.74) is 2.11. The molecule has 120 valence electrons. The van der Waals surface area contributed by atoms with Crippen LogP contribution in [0, 0.1) is 10.1 Å². The molecule has 0 radical (unpaired) electrons. The second-order valence-electron chi connectivity index (χ2n) is 6.33. The molecule has 0 atom stereocenters. The van der Waals surface area contributed by atoms with Crippen LogP contribution >= 0.6 is 0 Å². The maximum absolute atomic E-state index is 10.9. The summed E-state index contributed by atoms with van der Waals surface area (Å²) in [7, 11) is 0. The summed E-state index contributed by atoms with van der Waals surface area (Å²) in [6.07, 6.45) is 0.461. The van der Waals surface area contributed by atoms with E-state index in [4.69, 9.17) is 4.74 Å². The Labute approximate surface area is 135 Å². The molecule has 0 N–H and O–H groups in total. The first-order chi connectivity index (χ1) is 10.8. The third kappa shape index (κ3) is 4.16. The average Bonchev–Trinajstić information content (AvgIpc) is 2.52. The van der Waals surface area contributed by atoms with Crippen molar-refractivity contribution in [1.29, 1.82) is 0 Å². The van der Waals surface area contributed by atoms with Crippen molar-refractivity contribution in [2.45, 2.75) is 32.8 Å². The van der Waals surface area contributed by atoms with Crippen LogP contribution in [-0.2, 0) is 12.0 Å². The number of aldehydes is 1. The highest BCUT2D eigenvalue weighted by atomic mass is 16.6. The van der Waals surface area contributed by atoms with E-state index in [0.29, 0.717) is 18.6 Å². The maximum atomic E-state index is 10.9. The zero-order chi connectivity index (χ0) is 17.0. The Bertz CT molecular complexity index is 715. The fourth-order valence-corrected chi connectivity index (χ4v) is 2.15. The first-order valence-corrected chi connectivity index (χ1v) is 7.27. The van der Waals surface area contributed by atoms with Gasteiger partial charge in [0, 0.05) is 6.07 Å². The van der Waals surface area contributed by atoms with E-state index in [0.717, 1.165) is 5.56 Å². The smallest absolute Gasteiger partial charge is 0.280 e. The summed E-state index contributed by atoms with van der Waals surface area (Å²) in [6.45, 7) is 6.78. The predicted molar refractivity (Wildman–Crippen MR) is 88.0 cm³/mol. The lowest BCUT2D eigenvalue weighted by Gasteiger charge is -2.19.